The van der Waals surface area contributed by atoms with E-state index in [2.05, 4.69) is 0 Å². The van der Waals surface area contributed by atoms with E-state index in [1.807, 2.05) is 0 Å². The summed E-state index contributed by atoms with van der Waals surface area (Å²) in [4.78, 5) is 25.7. The van der Waals surface area contributed by atoms with E-state index in [1.54, 1.807) is 12.1 Å². The highest BCUT2D eigenvalue weighted by Crippen LogP contribution is 2.38. The van der Waals surface area contributed by atoms with Crippen LogP contribution in [0.5, 0.6) is 0 Å². The summed E-state index contributed by atoms with van der Waals surface area (Å²) < 4.78 is 39.7. The molecule has 8 heteroatoms. The Morgan fingerprint density at radius 3 is 2.50 bits per heavy atom. The first kappa shape index (κ1) is 18.3. The number of halogens is 4. The lowest BCUT2D eigenvalue weighted by atomic mass is 10.0. The lowest BCUT2D eigenvalue weighted by Crippen LogP contribution is -2.36. The van der Waals surface area contributed by atoms with Crippen molar-refractivity contribution in [3.05, 3.63) is 70.3 Å². The van der Waals surface area contributed by atoms with Crippen molar-refractivity contribution < 1.29 is 22.8 Å². The Labute approximate surface area is 152 Å². The Hall–Kier alpha value is -2.54. The van der Waals surface area contributed by atoms with E-state index >= 15 is 0 Å². The molecular weight excluding hydrogens is 369 g/mol. The summed E-state index contributed by atoms with van der Waals surface area (Å²) in [7, 11) is 0. The van der Waals surface area contributed by atoms with E-state index in [9.17, 15) is 22.8 Å². The number of amides is 2. The second kappa shape index (κ2) is 6.64. The third-order valence-electron chi connectivity index (χ3n) is 4.30. The second-order valence-corrected chi connectivity index (χ2v) is 6.22. The van der Waals surface area contributed by atoms with Crippen LogP contribution in [0.25, 0.3) is 0 Å². The van der Waals surface area contributed by atoms with Crippen LogP contribution in [-0.2, 0) is 23.4 Å². The van der Waals surface area contributed by atoms with Gasteiger partial charge in [0.2, 0.25) is 5.91 Å². The largest absolute Gasteiger partial charge is 0.416 e. The minimum absolute atomic E-state index is 0.107. The molecule has 1 atom stereocenters. The van der Waals surface area contributed by atoms with Gasteiger partial charge in [0.25, 0.3) is 5.91 Å². The van der Waals surface area contributed by atoms with Crippen LogP contribution < -0.4 is 5.73 Å². The highest BCUT2D eigenvalue weighted by molar-refractivity contribution is 6.17. The van der Waals surface area contributed by atoms with E-state index in [4.69, 9.17) is 17.3 Å². The monoisotopic (exact) mass is 382 g/mol. The number of nitrogens with two attached hydrogens (primary N) is 1. The normalized spacial score (nSPS) is 16.7. The maximum absolute atomic E-state index is 13.2. The van der Waals surface area contributed by atoms with Gasteiger partial charge in [-0.1, -0.05) is 30.3 Å². The van der Waals surface area contributed by atoms with Gasteiger partial charge in [0.1, 0.15) is 6.04 Å². The summed E-state index contributed by atoms with van der Waals surface area (Å²) in [5.41, 5.74) is 5.78. The number of benzene rings is 2. The first-order valence-corrected chi connectivity index (χ1v) is 8.21. The lowest BCUT2D eigenvalue weighted by molar-refractivity contribution is -0.138. The number of carbonyl (C=O) groups is 2. The number of fused-ring (bicyclic) bond motifs is 1. The van der Waals surface area contributed by atoms with Crippen molar-refractivity contribution >= 4 is 23.4 Å². The topological polar surface area (TPSA) is 63.4 Å². The first-order chi connectivity index (χ1) is 12.2. The number of hydrogen-bond donors (Lipinski definition) is 1. The van der Waals surface area contributed by atoms with E-state index in [0.717, 1.165) is 11.0 Å². The molecule has 0 saturated carbocycles. The molecule has 3 rings (SSSR count). The van der Waals surface area contributed by atoms with Crippen LogP contribution in [0.4, 0.5) is 13.2 Å². The van der Waals surface area contributed by atoms with Crippen molar-refractivity contribution in [3.63, 3.8) is 0 Å². The number of carbonyl (C=O) groups excluding carboxylic acids is 2. The smallest absolute Gasteiger partial charge is 0.368 e. The fraction of sp³-hybridized carbons (Fsp3) is 0.222. The van der Waals surface area contributed by atoms with Crippen LogP contribution in [0.15, 0.2) is 42.5 Å². The molecule has 1 aliphatic heterocycles. The highest BCUT2D eigenvalue weighted by atomic mass is 35.5. The van der Waals surface area contributed by atoms with Gasteiger partial charge in [-0.25, -0.2) is 0 Å². The SMILES string of the molecule is NC(=O)C1c2cc(CCl)ccc2C(=O)N1Cc1ccccc1C(F)(F)F. The fourth-order valence-corrected chi connectivity index (χ4v) is 3.31. The quantitative estimate of drug-likeness (QED) is 0.821. The van der Waals surface area contributed by atoms with Crippen LogP contribution in [0.3, 0.4) is 0 Å². The molecule has 0 aromatic heterocycles. The van der Waals surface area contributed by atoms with Crippen molar-refractivity contribution in [3.8, 4) is 0 Å². The van der Waals surface area contributed by atoms with Crippen molar-refractivity contribution in [2.24, 2.45) is 5.73 Å². The van der Waals surface area contributed by atoms with Crippen LogP contribution in [0.1, 0.15) is 38.7 Å². The predicted molar refractivity (Wildman–Crippen MR) is 89.3 cm³/mol. The molecule has 2 aromatic rings. The number of hydrogen-bond acceptors (Lipinski definition) is 2. The molecule has 2 amide bonds. The molecule has 0 saturated heterocycles. The minimum Gasteiger partial charge on any atom is -0.368 e. The average molecular weight is 383 g/mol. The van der Waals surface area contributed by atoms with Gasteiger partial charge in [-0.2, -0.15) is 13.2 Å². The summed E-state index contributed by atoms with van der Waals surface area (Å²) in [5, 5.41) is 0. The van der Waals surface area contributed by atoms with Gasteiger partial charge >= 0.3 is 6.18 Å². The summed E-state index contributed by atoms with van der Waals surface area (Å²) in [6.45, 7) is -0.382. The Kier molecular flexibility index (Phi) is 4.66. The van der Waals surface area contributed by atoms with Crippen molar-refractivity contribution in [1.29, 1.82) is 0 Å². The molecule has 1 heterocycles. The van der Waals surface area contributed by atoms with Crippen LogP contribution in [-0.4, -0.2) is 16.7 Å². The number of nitrogens with zero attached hydrogens (tertiary/aromatic N) is 1. The number of alkyl halides is 4. The first-order valence-electron chi connectivity index (χ1n) is 7.68. The zero-order chi connectivity index (χ0) is 19.1. The zero-order valence-corrected chi connectivity index (χ0v) is 14.1. The minimum atomic E-state index is -4.57. The Bertz CT molecular complexity index is 883. The van der Waals surface area contributed by atoms with E-state index in [1.165, 1.54) is 24.3 Å². The van der Waals surface area contributed by atoms with Gasteiger partial charge in [0.15, 0.2) is 0 Å². The summed E-state index contributed by atoms with van der Waals surface area (Å²) in [5.74, 6) is -1.18. The average Bonchev–Trinajstić information content (AvgIpc) is 2.86. The maximum Gasteiger partial charge on any atom is 0.416 e. The molecule has 1 aliphatic rings. The standard InChI is InChI=1S/C18H14ClF3N2O2/c19-8-10-5-6-12-13(7-10)15(16(23)25)24(17(12)26)9-11-3-1-2-4-14(11)18(20,21)22/h1-7,15H,8-9H2,(H2,23,25). The molecule has 0 aliphatic carbocycles. The molecule has 2 aromatic carbocycles. The summed E-state index contributed by atoms with van der Waals surface area (Å²) >= 11 is 5.79. The zero-order valence-electron chi connectivity index (χ0n) is 13.4. The van der Waals surface area contributed by atoms with Gasteiger partial charge < -0.3 is 10.6 Å². The number of primary amides is 1. The number of rotatable bonds is 4. The Morgan fingerprint density at radius 1 is 1.19 bits per heavy atom. The highest BCUT2D eigenvalue weighted by Gasteiger charge is 2.41. The predicted octanol–water partition coefficient (Wildman–Crippen LogP) is 3.63. The molecule has 0 spiro atoms. The molecule has 136 valence electrons. The fourth-order valence-electron chi connectivity index (χ4n) is 3.14. The van der Waals surface area contributed by atoms with Gasteiger partial charge in [-0.15, -0.1) is 11.6 Å². The molecule has 1 unspecified atom stereocenters. The summed E-state index contributed by atoms with van der Waals surface area (Å²) in [6.07, 6.45) is -4.57. The maximum atomic E-state index is 13.2. The van der Waals surface area contributed by atoms with Crippen molar-refractivity contribution in [2.75, 3.05) is 0 Å². The van der Waals surface area contributed by atoms with Crippen LogP contribution >= 0.6 is 11.6 Å². The molecule has 26 heavy (non-hydrogen) atoms. The second-order valence-electron chi connectivity index (χ2n) is 5.95. The molecule has 2 N–H and O–H groups in total. The van der Waals surface area contributed by atoms with Gasteiger partial charge in [0.05, 0.1) is 5.56 Å². The van der Waals surface area contributed by atoms with Gasteiger partial charge in [-0.05, 0) is 28.8 Å². The Balaban J connectivity index is 2.04. The summed E-state index contributed by atoms with van der Waals surface area (Å²) in [6, 6.07) is 8.53. The molecule has 0 radical (unpaired) electrons. The third kappa shape index (κ3) is 3.14. The van der Waals surface area contributed by atoms with Gasteiger partial charge in [-0.3, -0.25) is 9.59 Å². The third-order valence-corrected chi connectivity index (χ3v) is 4.61. The van der Waals surface area contributed by atoms with Crippen molar-refractivity contribution in [1.82, 2.24) is 4.90 Å². The Morgan fingerprint density at radius 2 is 1.88 bits per heavy atom. The van der Waals surface area contributed by atoms with Gasteiger partial charge in [0, 0.05) is 18.0 Å². The van der Waals surface area contributed by atoms with Crippen molar-refractivity contribution in [2.45, 2.75) is 24.6 Å². The lowest BCUT2D eigenvalue weighted by Gasteiger charge is -2.24. The molecule has 0 fully saturated rings. The molecular formula is C18H14ClF3N2O2. The van der Waals surface area contributed by atoms with Crippen LogP contribution in [0.2, 0.25) is 0 Å². The van der Waals surface area contributed by atoms with Crippen LogP contribution in [0, 0.1) is 0 Å². The van der Waals surface area contributed by atoms with E-state index in [0.29, 0.717) is 11.1 Å². The van der Waals surface area contributed by atoms with E-state index < -0.39 is 29.6 Å². The molecule has 4 nitrogen and oxygen atoms in total. The van der Waals surface area contributed by atoms with E-state index in [-0.39, 0.29) is 23.6 Å². The molecule has 0 bridgehead atoms.